The summed E-state index contributed by atoms with van der Waals surface area (Å²) in [5, 5.41) is 5.88. The molecular weight excluding hydrogens is 308 g/mol. The average Bonchev–Trinajstić information content (AvgIpc) is 2.89. The number of urea groups is 1. The molecule has 0 spiro atoms. The Hall–Kier alpha value is -1.23. The minimum Gasteiger partial charge on any atom is -0.496 e. The van der Waals surface area contributed by atoms with Crippen LogP contribution < -0.4 is 15.4 Å². The van der Waals surface area contributed by atoms with Crippen LogP contribution in [0.5, 0.6) is 5.75 Å². The van der Waals surface area contributed by atoms with Gasteiger partial charge in [-0.2, -0.15) is 0 Å². The first-order valence-electron chi connectivity index (χ1n) is 6.56. The number of rotatable bonds is 4. The van der Waals surface area contributed by atoms with Crippen molar-refractivity contribution in [3.05, 3.63) is 28.2 Å². The molecule has 0 saturated heterocycles. The molecule has 2 amide bonds. The summed E-state index contributed by atoms with van der Waals surface area (Å²) in [6.07, 6.45) is 4.63. The third-order valence-electron chi connectivity index (χ3n) is 3.36. The summed E-state index contributed by atoms with van der Waals surface area (Å²) in [5.74, 6) is 0.791. The van der Waals surface area contributed by atoms with E-state index in [4.69, 9.17) is 4.74 Å². The molecular formula is C14H19BrN2O2. The molecule has 5 heteroatoms. The van der Waals surface area contributed by atoms with Crippen LogP contribution in [0, 0.1) is 0 Å². The van der Waals surface area contributed by atoms with E-state index in [0.717, 1.165) is 28.6 Å². The van der Waals surface area contributed by atoms with Gasteiger partial charge in [-0.25, -0.2) is 4.79 Å². The van der Waals surface area contributed by atoms with Gasteiger partial charge in [-0.15, -0.1) is 0 Å². The average molecular weight is 327 g/mol. The highest BCUT2D eigenvalue weighted by Crippen LogP contribution is 2.25. The molecule has 1 saturated carbocycles. The largest absolute Gasteiger partial charge is 0.496 e. The van der Waals surface area contributed by atoms with Gasteiger partial charge >= 0.3 is 6.03 Å². The smallest absolute Gasteiger partial charge is 0.315 e. The highest BCUT2D eigenvalue weighted by Gasteiger charge is 2.16. The summed E-state index contributed by atoms with van der Waals surface area (Å²) in [7, 11) is 1.63. The van der Waals surface area contributed by atoms with E-state index in [0.29, 0.717) is 12.6 Å². The summed E-state index contributed by atoms with van der Waals surface area (Å²) in [6, 6.07) is 6.05. The Morgan fingerprint density at radius 2 is 2.16 bits per heavy atom. The lowest BCUT2D eigenvalue weighted by Gasteiger charge is -2.13. The van der Waals surface area contributed by atoms with Crippen molar-refractivity contribution in [2.45, 2.75) is 38.3 Å². The fraction of sp³-hybridized carbons (Fsp3) is 0.500. The number of hydrogen-bond donors (Lipinski definition) is 2. The van der Waals surface area contributed by atoms with Crippen molar-refractivity contribution in [2.75, 3.05) is 7.11 Å². The van der Waals surface area contributed by atoms with Crippen LogP contribution in [-0.2, 0) is 6.54 Å². The zero-order valence-corrected chi connectivity index (χ0v) is 12.6. The van der Waals surface area contributed by atoms with Crippen molar-refractivity contribution in [1.82, 2.24) is 10.6 Å². The maximum absolute atomic E-state index is 11.7. The minimum atomic E-state index is -0.0844. The first-order chi connectivity index (χ1) is 9.19. The molecule has 4 nitrogen and oxygen atoms in total. The topological polar surface area (TPSA) is 50.4 Å². The number of nitrogens with one attached hydrogen (secondary N) is 2. The van der Waals surface area contributed by atoms with Crippen LogP contribution in [0.2, 0.25) is 0 Å². The van der Waals surface area contributed by atoms with Crippen LogP contribution in [0.1, 0.15) is 31.2 Å². The highest BCUT2D eigenvalue weighted by atomic mass is 79.9. The van der Waals surface area contributed by atoms with Crippen LogP contribution in [0.4, 0.5) is 4.79 Å². The molecule has 1 aliphatic carbocycles. The van der Waals surface area contributed by atoms with Gasteiger partial charge in [0.05, 0.1) is 11.6 Å². The van der Waals surface area contributed by atoms with Crippen molar-refractivity contribution in [3.63, 3.8) is 0 Å². The lowest BCUT2D eigenvalue weighted by Crippen LogP contribution is -2.40. The van der Waals surface area contributed by atoms with Crippen molar-refractivity contribution >= 4 is 22.0 Å². The quantitative estimate of drug-likeness (QED) is 0.892. The van der Waals surface area contributed by atoms with E-state index in [1.54, 1.807) is 7.11 Å². The van der Waals surface area contributed by atoms with Crippen molar-refractivity contribution in [2.24, 2.45) is 0 Å². The normalized spacial score (nSPS) is 15.3. The monoisotopic (exact) mass is 326 g/mol. The van der Waals surface area contributed by atoms with Crippen LogP contribution in [0.15, 0.2) is 22.7 Å². The molecule has 1 fully saturated rings. The molecule has 0 aromatic heterocycles. The van der Waals surface area contributed by atoms with Gasteiger partial charge in [-0.05, 0) is 46.5 Å². The molecule has 2 N–H and O–H groups in total. The number of halogens is 1. The fourth-order valence-electron chi connectivity index (χ4n) is 2.31. The molecule has 104 valence electrons. The van der Waals surface area contributed by atoms with Crippen molar-refractivity contribution in [3.8, 4) is 5.75 Å². The molecule has 0 atom stereocenters. The molecule has 0 heterocycles. The molecule has 19 heavy (non-hydrogen) atoms. The number of hydrogen-bond acceptors (Lipinski definition) is 2. The van der Waals surface area contributed by atoms with Crippen LogP contribution in [0.3, 0.4) is 0 Å². The van der Waals surface area contributed by atoms with E-state index in [1.165, 1.54) is 12.8 Å². The number of carbonyl (C=O) groups is 1. The molecule has 0 unspecified atom stereocenters. The minimum absolute atomic E-state index is 0.0844. The van der Waals surface area contributed by atoms with E-state index in [-0.39, 0.29) is 6.03 Å². The van der Waals surface area contributed by atoms with Crippen molar-refractivity contribution in [1.29, 1.82) is 0 Å². The second-order valence-corrected chi connectivity index (χ2v) is 5.63. The number of carbonyl (C=O) groups excluding carboxylic acids is 1. The van der Waals surface area contributed by atoms with Gasteiger partial charge in [-0.1, -0.05) is 18.9 Å². The third kappa shape index (κ3) is 4.13. The predicted octanol–water partition coefficient (Wildman–Crippen LogP) is 3.20. The number of amides is 2. The van der Waals surface area contributed by atoms with Crippen LogP contribution in [0.25, 0.3) is 0 Å². The summed E-state index contributed by atoms with van der Waals surface area (Å²) in [6.45, 7) is 0.515. The number of benzene rings is 1. The van der Waals surface area contributed by atoms with Gasteiger partial charge < -0.3 is 15.4 Å². The van der Waals surface area contributed by atoms with Gasteiger partial charge in [0.2, 0.25) is 0 Å². The highest BCUT2D eigenvalue weighted by molar-refractivity contribution is 9.10. The molecule has 0 aliphatic heterocycles. The second kappa shape index (κ2) is 6.80. The first kappa shape index (κ1) is 14.2. The van der Waals surface area contributed by atoms with E-state index >= 15 is 0 Å². The Bertz CT molecular complexity index is 445. The maximum Gasteiger partial charge on any atom is 0.315 e. The van der Waals surface area contributed by atoms with Crippen molar-refractivity contribution < 1.29 is 9.53 Å². The molecule has 1 aliphatic rings. The zero-order valence-electron chi connectivity index (χ0n) is 11.0. The summed E-state index contributed by atoms with van der Waals surface area (Å²) >= 11 is 3.43. The summed E-state index contributed by atoms with van der Waals surface area (Å²) in [4.78, 5) is 11.7. The number of ether oxygens (including phenoxy) is 1. The van der Waals surface area contributed by atoms with E-state index in [1.807, 2.05) is 18.2 Å². The maximum atomic E-state index is 11.7. The molecule has 0 radical (unpaired) electrons. The van der Waals surface area contributed by atoms with E-state index < -0.39 is 0 Å². The predicted molar refractivity (Wildman–Crippen MR) is 78.3 cm³/mol. The number of methoxy groups -OCH3 is 1. The third-order valence-corrected chi connectivity index (χ3v) is 3.98. The Morgan fingerprint density at radius 3 is 2.79 bits per heavy atom. The van der Waals surface area contributed by atoms with Crippen LogP contribution >= 0.6 is 15.9 Å². The molecule has 0 bridgehead atoms. The first-order valence-corrected chi connectivity index (χ1v) is 7.35. The summed E-state index contributed by atoms with van der Waals surface area (Å²) in [5.41, 5.74) is 1.04. The fourth-order valence-corrected chi connectivity index (χ4v) is 2.90. The van der Waals surface area contributed by atoms with Gasteiger partial charge in [0.15, 0.2) is 0 Å². The van der Waals surface area contributed by atoms with Gasteiger partial charge in [0.25, 0.3) is 0 Å². The Morgan fingerprint density at radius 1 is 1.42 bits per heavy atom. The van der Waals surface area contributed by atoms with Gasteiger partial charge in [-0.3, -0.25) is 0 Å². The van der Waals surface area contributed by atoms with Crippen LogP contribution in [-0.4, -0.2) is 19.2 Å². The Balaban J connectivity index is 1.81. The van der Waals surface area contributed by atoms with E-state index in [9.17, 15) is 4.79 Å². The molecule has 1 aromatic rings. The van der Waals surface area contributed by atoms with E-state index in [2.05, 4.69) is 26.6 Å². The zero-order chi connectivity index (χ0) is 13.7. The molecule has 1 aromatic carbocycles. The molecule has 2 rings (SSSR count). The van der Waals surface area contributed by atoms with Gasteiger partial charge in [0, 0.05) is 12.6 Å². The lowest BCUT2D eigenvalue weighted by atomic mass is 10.2. The second-order valence-electron chi connectivity index (χ2n) is 4.78. The summed E-state index contributed by atoms with van der Waals surface area (Å²) < 4.78 is 6.06. The van der Waals surface area contributed by atoms with Gasteiger partial charge in [0.1, 0.15) is 5.75 Å². The standard InChI is InChI=1S/C14H19BrN2O2/c1-19-13-7-6-10(8-12(13)15)9-16-14(18)17-11-4-2-3-5-11/h6-8,11H,2-5,9H2,1H3,(H2,16,17,18). The lowest BCUT2D eigenvalue weighted by molar-refractivity contribution is 0.236. The Labute approximate surface area is 122 Å². The Kier molecular flexibility index (Phi) is 5.07. The SMILES string of the molecule is COc1ccc(CNC(=O)NC2CCCC2)cc1Br.